The second-order valence-electron chi connectivity index (χ2n) is 5.17. The molecule has 1 N–H and O–H groups in total. The van der Waals surface area contributed by atoms with E-state index >= 15 is 0 Å². The van der Waals surface area contributed by atoms with Gasteiger partial charge >= 0.3 is 0 Å². The molecule has 0 aliphatic carbocycles. The zero-order chi connectivity index (χ0) is 13.0. The van der Waals surface area contributed by atoms with E-state index in [1.54, 1.807) is 7.11 Å². The molecule has 0 saturated heterocycles. The van der Waals surface area contributed by atoms with Crippen molar-refractivity contribution in [2.75, 3.05) is 13.7 Å². The minimum atomic E-state index is -0.0396. The first kappa shape index (κ1) is 13.0. The first-order valence-electron chi connectivity index (χ1n) is 6.19. The first-order valence-corrected chi connectivity index (χ1v) is 6.19. The molecule has 1 heterocycles. The summed E-state index contributed by atoms with van der Waals surface area (Å²) in [6, 6.07) is 12.3. The highest BCUT2D eigenvalue weighted by atomic mass is 16.5. The van der Waals surface area contributed by atoms with Crippen LogP contribution in [-0.4, -0.2) is 24.2 Å². The Bertz CT molecular complexity index is 523. The number of fused-ring (bicyclic) bond motifs is 1. The SMILES string of the molecule is COCC(C)(C)NCc1ccc2ccccc2n1. The van der Waals surface area contributed by atoms with Gasteiger partial charge < -0.3 is 10.1 Å². The summed E-state index contributed by atoms with van der Waals surface area (Å²) in [6.07, 6.45) is 0. The molecular weight excluding hydrogens is 224 g/mol. The summed E-state index contributed by atoms with van der Waals surface area (Å²) in [6.45, 7) is 5.68. The molecule has 0 amide bonds. The second-order valence-corrected chi connectivity index (χ2v) is 5.17. The normalized spacial score (nSPS) is 11.9. The monoisotopic (exact) mass is 244 g/mol. The van der Waals surface area contributed by atoms with E-state index in [-0.39, 0.29) is 5.54 Å². The van der Waals surface area contributed by atoms with Crippen molar-refractivity contribution < 1.29 is 4.74 Å². The fourth-order valence-electron chi connectivity index (χ4n) is 1.95. The molecule has 1 aromatic heterocycles. The molecule has 2 rings (SSSR count). The van der Waals surface area contributed by atoms with Gasteiger partial charge in [-0.15, -0.1) is 0 Å². The highest BCUT2D eigenvalue weighted by molar-refractivity contribution is 5.78. The maximum Gasteiger partial charge on any atom is 0.0705 e. The van der Waals surface area contributed by atoms with Crippen LogP contribution in [0.15, 0.2) is 36.4 Å². The highest BCUT2D eigenvalue weighted by Gasteiger charge is 2.16. The molecule has 0 aliphatic rings. The number of methoxy groups -OCH3 is 1. The highest BCUT2D eigenvalue weighted by Crippen LogP contribution is 2.12. The molecule has 2 aromatic rings. The van der Waals surface area contributed by atoms with Crippen molar-refractivity contribution in [1.29, 1.82) is 0 Å². The van der Waals surface area contributed by atoms with Crippen LogP contribution < -0.4 is 5.32 Å². The maximum absolute atomic E-state index is 5.18. The van der Waals surface area contributed by atoms with Crippen LogP contribution in [0, 0.1) is 0 Å². The second kappa shape index (κ2) is 5.46. The number of hydrogen-bond acceptors (Lipinski definition) is 3. The molecule has 0 unspecified atom stereocenters. The molecule has 3 heteroatoms. The van der Waals surface area contributed by atoms with Gasteiger partial charge in [-0.1, -0.05) is 24.3 Å². The van der Waals surface area contributed by atoms with Crippen LogP contribution in [0.1, 0.15) is 19.5 Å². The summed E-state index contributed by atoms with van der Waals surface area (Å²) < 4.78 is 5.18. The number of rotatable bonds is 5. The predicted molar refractivity (Wildman–Crippen MR) is 74.5 cm³/mol. The summed E-state index contributed by atoms with van der Waals surface area (Å²) in [7, 11) is 1.72. The third-order valence-corrected chi connectivity index (χ3v) is 2.91. The van der Waals surface area contributed by atoms with Crippen LogP contribution in [0.5, 0.6) is 0 Å². The molecule has 0 saturated carbocycles. The van der Waals surface area contributed by atoms with E-state index in [1.165, 1.54) is 5.39 Å². The van der Waals surface area contributed by atoms with E-state index in [1.807, 2.05) is 18.2 Å². The number of nitrogens with one attached hydrogen (secondary N) is 1. The zero-order valence-electron chi connectivity index (χ0n) is 11.2. The van der Waals surface area contributed by atoms with Crippen LogP contribution in [0.2, 0.25) is 0 Å². The van der Waals surface area contributed by atoms with Gasteiger partial charge in [-0.2, -0.15) is 0 Å². The molecule has 0 fully saturated rings. The molecular formula is C15H20N2O. The summed E-state index contributed by atoms with van der Waals surface area (Å²) in [5.41, 5.74) is 2.06. The van der Waals surface area contributed by atoms with Crippen LogP contribution in [-0.2, 0) is 11.3 Å². The van der Waals surface area contributed by atoms with Gasteiger partial charge in [0.25, 0.3) is 0 Å². The van der Waals surface area contributed by atoms with Crippen LogP contribution in [0.25, 0.3) is 10.9 Å². The van der Waals surface area contributed by atoms with Gasteiger partial charge in [0.15, 0.2) is 0 Å². The molecule has 0 spiro atoms. The minimum absolute atomic E-state index is 0.0396. The summed E-state index contributed by atoms with van der Waals surface area (Å²) in [5, 5.41) is 4.63. The van der Waals surface area contributed by atoms with Crippen molar-refractivity contribution in [2.24, 2.45) is 0 Å². The number of para-hydroxylation sites is 1. The molecule has 3 nitrogen and oxygen atoms in total. The van der Waals surface area contributed by atoms with Gasteiger partial charge in [-0.3, -0.25) is 4.98 Å². The van der Waals surface area contributed by atoms with Crippen LogP contribution >= 0.6 is 0 Å². The van der Waals surface area contributed by atoms with E-state index in [2.05, 4.69) is 42.3 Å². The Balaban J connectivity index is 2.08. The lowest BCUT2D eigenvalue weighted by atomic mass is 10.1. The lowest BCUT2D eigenvalue weighted by Crippen LogP contribution is -2.42. The lowest BCUT2D eigenvalue weighted by molar-refractivity contribution is 0.127. The summed E-state index contributed by atoms with van der Waals surface area (Å²) in [4.78, 5) is 4.64. The number of nitrogens with zero attached hydrogens (tertiary/aromatic N) is 1. The Morgan fingerprint density at radius 2 is 1.94 bits per heavy atom. The molecule has 0 radical (unpaired) electrons. The van der Waals surface area contributed by atoms with E-state index in [9.17, 15) is 0 Å². The Kier molecular flexibility index (Phi) is 3.94. The van der Waals surface area contributed by atoms with E-state index < -0.39 is 0 Å². The summed E-state index contributed by atoms with van der Waals surface area (Å²) in [5.74, 6) is 0. The molecule has 0 atom stereocenters. The van der Waals surface area contributed by atoms with Crippen molar-refractivity contribution in [3.8, 4) is 0 Å². The van der Waals surface area contributed by atoms with Crippen LogP contribution in [0.3, 0.4) is 0 Å². The van der Waals surface area contributed by atoms with Crippen molar-refractivity contribution in [1.82, 2.24) is 10.3 Å². The molecule has 18 heavy (non-hydrogen) atoms. The third-order valence-electron chi connectivity index (χ3n) is 2.91. The minimum Gasteiger partial charge on any atom is -0.383 e. The number of hydrogen-bond donors (Lipinski definition) is 1. The van der Waals surface area contributed by atoms with Gasteiger partial charge in [-0.25, -0.2) is 0 Å². The van der Waals surface area contributed by atoms with Crippen molar-refractivity contribution in [3.63, 3.8) is 0 Å². The fourth-order valence-corrected chi connectivity index (χ4v) is 1.95. The largest absolute Gasteiger partial charge is 0.383 e. The topological polar surface area (TPSA) is 34.1 Å². The van der Waals surface area contributed by atoms with Crippen molar-refractivity contribution in [2.45, 2.75) is 25.9 Å². The van der Waals surface area contributed by atoms with Gasteiger partial charge in [0, 0.05) is 24.6 Å². The number of ether oxygens (including phenoxy) is 1. The molecule has 96 valence electrons. The van der Waals surface area contributed by atoms with Crippen LogP contribution in [0.4, 0.5) is 0 Å². The Morgan fingerprint density at radius 3 is 2.72 bits per heavy atom. The quantitative estimate of drug-likeness (QED) is 0.878. The van der Waals surface area contributed by atoms with Gasteiger partial charge in [0.2, 0.25) is 0 Å². The number of pyridine rings is 1. The standard InChI is InChI=1S/C15H20N2O/c1-15(2,11-18-3)16-10-13-9-8-12-6-4-5-7-14(12)17-13/h4-9,16H,10-11H2,1-3H3. The van der Waals surface area contributed by atoms with Crippen molar-refractivity contribution >= 4 is 10.9 Å². The average molecular weight is 244 g/mol. The Labute approximate surface area is 108 Å². The van der Waals surface area contributed by atoms with Gasteiger partial charge in [0.1, 0.15) is 0 Å². The molecule has 0 aliphatic heterocycles. The number of aromatic nitrogens is 1. The fraction of sp³-hybridized carbons (Fsp3) is 0.400. The summed E-state index contributed by atoms with van der Waals surface area (Å²) >= 11 is 0. The average Bonchev–Trinajstić information content (AvgIpc) is 2.36. The Morgan fingerprint density at radius 1 is 1.17 bits per heavy atom. The zero-order valence-corrected chi connectivity index (χ0v) is 11.2. The van der Waals surface area contributed by atoms with E-state index in [0.717, 1.165) is 17.8 Å². The maximum atomic E-state index is 5.18. The van der Waals surface area contributed by atoms with Gasteiger partial charge in [0.05, 0.1) is 17.8 Å². The van der Waals surface area contributed by atoms with Gasteiger partial charge in [-0.05, 0) is 26.0 Å². The lowest BCUT2D eigenvalue weighted by Gasteiger charge is -2.25. The van der Waals surface area contributed by atoms with Crippen molar-refractivity contribution in [3.05, 3.63) is 42.1 Å². The first-order chi connectivity index (χ1) is 8.61. The van der Waals surface area contributed by atoms with E-state index in [0.29, 0.717) is 6.61 Å². The predicted octanol–water partition coefficient (Wildman–Crippen LogP) is 2.75. The Hall–Kier alpha value is -1.45. The molecule has 0 bridgehead atoms. The third kappa shape index (κ3) is 3.28. The number of benzene rings is 1. The smallest absolute Gasteiger partial charge is 0.0705 e. The van der Waals surface area contributed by atoms with E-state index in [4.69, 9.17) is 4.74 Å². The molecule has 1 aromatic carbocycles.